The third kappa shape index (κ3) is 4.94. The number of aliphatic hydroxyl groups excluding tert-OH is 2. The second kappa shape index (κ2) is 9.55. The summed E-state index contributed by atoms with van der Waals surface area (Å²) in [6.45, 7) is 3.28. The number of hydrogen-bond acceptors (Lipinski definition) is 5. The summed E-state index contributed by atoms with van der Waals surface area (Å²) in [6, 6.07) is 16.9. The molecule has 32 heavy (non-hydrogen) atoms. The molecule has 0 aromatic heterocycles. The van der Waals surface area contributed by atoms with E-state index in [4.69, 9.17) is 4.74 Å². The Morgan fingerprint density at radius 1 is 1.09 bits per heavy atom. The number of piperidine rings is 1. The van der Waals surface area contributed by atoms with Gasteiger partial charge in [-0.05, 0) is 59.9 Å². The largest absolute Gasteiger partial charge is 0.490 e. The van der Waals surface area contributed by atoms with E-state index in [9.17, 15) is 19.7 Å². The van der Waals surface area contributed by atoms with Gasteiger partial charge in [-0.2, -0.15) is 0 Å². The van der Waals surface area contributed by atoms with Crippen molar-refractivity contribution in [1.82, 2.24) is 4.90 Å². The van der Waals surface area contributed by atoms with Crippen LogP contribution in [0.15, 0.2) is 54.6 Å². The average molecular weight is 440 g/mol. The molecule has 1 heterocycles. The number of likely N-dealkylation sites (tertiary alicyclic amines) is 1. The van der Waals surface area contributed by atoms with Crippen molar-refractivity contribution in [2.24, 2.45) is 0 Å². The van der Waals surface area contributed by atoms with Crippen LogP contribution in [0.5, 0.6) is 5.75 Å². The molecule has 1 unspecified atom stereocenters. The summed E-state index contributed by atoms with van der Waals surface area (Å²) in [7, 11) is 0. The molecule has 1 aliphatic heterocycles. The van der Waals surface area contributed by atoms with E-state index in [-0.39, 0.29) is 19.0 Å². The van der Waals surface area contributed by atoms with Crippen LogP contribution in [0.25, 0.3) is 21.9 Å². The topological polar surface area (TPSA) is 73.2 Å². The molecule has 3 N–H and O–H groups in total. The van der Waals surface area contributed by atoms with E-state index in [1.165, 1.54) is 6.07 Å². The normalized spacial score (nSPS) is 17.4. The first-order valence-corrected chi connectivity index (χ1v) is 11.0. The predicted octanol–water partition coefficient (Wildman–Crippen LogP) is 3.51. The zero-order chi connectivity index (χ0) is 22.7. The van der Waals surface area contributed by atoms with Gasteiger partial charge in [-0.15, -0.1) is 0 Å². The lowest BCUT2D eigenvalue weighted by atomic mass is 9.92. The van der Waals surface area contributed by atoms with Crippen molar-refractivity contribution in [2.45, 2.75) is 31.5 Å². The molecule has 1 saturated heterocycles. The summed E-state index contributed by atoms with van der Waals surface area (Å²) in [5, 5.41) is 32.1. The Hall–Kier alpha value is -2.51. The van der Waals surface area contributed by atoms with Gasteiger partial charge in [0.05, 0.1) is 12.2 Å². The van der Waals surface area contributed by atoms with Crippen LogP contribution in [0.3, 0.4) is 0 Å². The number of nitrogens with zero attached hydrogens (tertiary/aromatic N) is 1. The quantitative estimate of drug-likeness (QED) is 0.526. The molecule has 0 radical (unpaired) electrons. The van der Waals surface area contributed by atoms with Gasteiger partial charge in [-0.1, -0.05) is 36.4 Å². The van der Waals surface area contributed by atoms with Crippen molar-refractivity contribution in [2.75, 3.05) is 32.8 Å². The highest BCUT2D eigenvalue weighted by Crippen LogP contribution is 2.38. The predicted molar refractivity (Wildman–Crippen MR) is 123 cm³/mol. The SMILES string of the molecule is Cc1cc(-c2c(OCC(O)CN3CCC(O)(CO)CC3)ccc3ccccc23)ccc1F. The fraction of sp³-hybridized carbons (Fsp3) is 0.385. The molecule has 1 fully saturated rings. The van der Waals surface area contributed by atoms with Gasteiger partial charge in [0.2, 0.25) is 0 Å². The van der Waals surface area contributed by atoms with Crippen LogP contribution in [0.2, 0.25) is 0 Å². The van der Waals surface area contributed by atoms with Crippen LogP contribution in [0.4, 0.5) is 4.39 Å². The molecular formula is C26H30FNO4. The lowest BCUT2D eigenvalue weighted by molar-refractivity contribution is -0.0656. The van der Waals surface area contributed by atoms with Crippen LogP contribution in [-0.4, -0.2) is 64.8 Å². The molecule has 170 valence electrons. The van der Waals surface area contributed by atoms with Gasteiger partial charge < -0.3 is 25.0 Å². The first-order chi connectivity index (χ1) is 15.4. The maximum atomic E-state index is 13.9. The zero-order valence-corrected chi connectivity index (χ0v) is 18.3. The third-order valence-electron chi connectivity index (χ3n) is 6.32. The lowest BCUT2D eigenvalue weighted by Crippen LogP contribution is -2.48. The van der Waals surface area contributed by atoms with Gasteiger partial charge in [-0.25, -0.2) is 4.39 Å². The van der Waals surface area contributed by atoms with E-state index in [2.05, 4.69) is 4.90 Å². The summed E-state index contributed by atoms with van der Waals surface area (Å²) in [4.78, 5) is 2.07. The molecule has 0 spiro atoms. The van der Waals surface area contributed by atoms with Crippen LogP contribution in [0, 0.1) is 12.7 Å². The fourth-order valence-corrected chi connectivity index (χ4v) is 4.32. The molecule has 5 nitrogen and oxygen atoms in total. The molecule has 0 saturated carbocycles. The van der Waals surface area contributed by atoms with Gasteiger partial charge >= 0.3 is 0 Å². The maximum absolute atomic E-state index is 13.9. The van der Waals surface area contributed by atoms with Gasteiger partial charge in [-0.3, -0.25) is 0 Å². The van der Waals surface area contributed by atoms with E-state index in [1.54, 1.807) is 13.0 Å². The van der Waals surface area contributed by atoms with E-state index in [0.717, 1.165) is 21.9 Å². The number of β-amino-alcohol motifs (C(OH)–C–C–N with tert-alkyl or cyclic N) is 1. The number of aliphatic hydroxyl groups is 3. The second-order valence-electron chi connectivity index (χ2n) is 8.77. The highest BCUT2D eigenvalue weighted by Gasteiger charge is 2.32. The second-order valence-corrected chi connectivity index (χ2v) is 8.77. The smallest absolute Gasteiger partial charge is 0.127 e. The van der Waals surface area contributed by atoms with Gasteiger partial charge in [0.1, 0.15) is 24.3 Å². The van der Waals surface area contributed by atoms with Gasteiger partial charge in [0, 0.05) is 25.2 Å². The third-order valence-corrected chi connectivity index (χ3v) is 6.32. The van der Waals surface area contributed by atoms with Crippen LogP contribution >= 0.6 is 0 Å². The Kier molecular flexibility index (Phi) is 6.76. The first-order valence-electron chi connectivity index (χ1n) is 11.0. The summed E-state index contributed by atoms with van der Waals surface area (Å²) in [6.07, 6.45) is 0.260. The Morgan fingerprint density at radius 3 is 2.56 bits per heavy atom. The molecule has 1 atom stereocenters. The number of hydrogen-bond donors (Lipinski definition) is 3. The minimum Gasteiger partial charge on any atom is -0.490 e. The number of ether oxygens (including phenoxy) is 1. The number of halogens is 1. The molecule has 0 aliphatic carbocycles. The van der Waals surface area contributed by atoms with Crippen molar-refractivity contribution in [3.63, 3.8) is 0 Å². The summed E-state index contributed by atoms with van der Waals surface area (Å²) >= 11 is 0. The van der Waals surface area contributed by atoms with Gasteiger partial charge in [0.25, 0.3) is 0 Å². The van der Waals surface area contributed by atoms with Crippen LogP contribution in [-0.2, 0) is 0 Å². The molecule has 6 heteroatoms. The van der Waals surface area contributed by atoms with Crippen LogP contribution in [0.1, 0.15) is 18.4 Å². The Morgan fingerprint density at radius 2 is 1.84 bits per heavy atom. The molecule has 1 aliphatic rings. The van der Waals surface area contributed by atoms with Gasteiger partial charge in [0.15, 0.2) is 0 Å². The minimum atomic E-state index is -1.01. The summed E-state index contributed by atoms with van der Waals surface area (Å²) < 4.78 is 20.0. The fourth-order valence-electron chi connectivity index (χ4n) is 4.32. The van der Waals surface area contributed by atoms with E-state index in [1.807, 2.05) is 42.5 Å². The first kappa shape index (κ1) is 22.7. The standard InChI is InChI=1S/C26H30FNO4/c1-18-14-20(6-8-23(18)27)25-22-5-3-2-4-19(22)7-9-24(25)32-16-21(30)15-28-12-10-26(31,17-29)11-13-28/h2-9,14,21,29-31H,10-13,15-17H2,1H3. The number of fused-ring (bicyclic) bond motifs is 1. The van der Waals surface area contributed by atoms with Crippen molar-refractivity contribution in [3.8, 4) is 16.9 Å². The Balaban J connectivity index is 1.51. The Labute approximate surface area is 187 Å². The molecular weight excluding hydrogens is 409 g/mol. The lowest BCUT2D eigenvalue weighted by Gasteiger charge is -2.37. The maximum Gasteiger partial charge on any atom is 0.127 e. The number of aryl methyl sites for hydroxylation is 1. The highest BCUT2D eigenvalue weighted by atomic mass is 19.1. The minimum absolute atomic E-state index is 0.117. The van der Waals surface area contributed by atoms with Crippen molar-refractivity contribution < 1.29 is 24.4 Å². The van der Waals surface area contributed by atoms with E-state index in [0.29, 0.717) is 43.8 Å². The Bertz CT molecular complexity index is 1080. The van der Waals surface area contributed by atoms with E-state index < -0.39 is 11.7 Å². The van der Waals surface area contributed by atoms with Crippen LogP contribution < -0.4 is 4.74 Å². The highest BCUT2D eigenvalue weighted by molar-refractivity contribution is 5.99. The molecule has 3 aromatic carbocycles. The van der Waals surface area contributed by atoms with E-state index >= 15 is 0 Å². The number of benzene rings is 3. The molecule has 4 rings (SSSR count). The summed E-state index contributed by atoms with van der Waals surface area (Å²) in [5.74, 6) is 0.392. The van der Waals surface area contributed by atoms with Crippen molar-refractivity contribution in [1.29, 1.82) is 0 Å². The van der Waals surface area contributed by atoms with Crippen molar-refractivity contribution >= 4 is 10.8 Å². The molecule has 0 amide bonds. The zero-order valence-electron chi connectivity index (χ0n) is 18.3. The summed E-state index contributed by atoms with van der Waals surface area (Å²) in [5.41, 5.74) is 1.30. The van der Waals surface area contributed by atoms with Crippen molar-refractivity contribution in [3.05, 3.63) is 66.0 Å². The average Bonchev–Trinajstić information content (AvgIpc) is 2.81. The monoisotopic (exact) mass is 439 g/mol. The molecule has 3 aromatic rings. The molecule has 0 bridgehead atoms. The number of rotatable bonds is 7.